The number of hydrogen-bond acceptors (Lipinski definition) is 2. The highest BCUT2D eigenvalue weighted by molar-refractivity contribution is 9.10. The maximum Gasteiger partial charge on any atom is 0.261 e. The third-order valence-electron chi connectivity index (χ3n) is 6.27. The van der Waals surface area contributed by atoms with Gasteiger partial charge in [0.05, 0.1) is 18.2 Å². The molecule has 4 aromatic carbocycles. The topological polar surface area (TPSA) is 33.0 Å². The minimum atomic E-state index is -2.61. The summed E-state index contributed by atoms with van der Waals surface area (Å²) in [6, 6.07) is 37.6. The molecule has 0 aliphatic heterocycles. The summed E-state index contributed by atoms with van der Waals surface area (Å²) in [6.07, 6.45) is 0. The predicted molar refractivity (Wildman–Crippen MR) is 147 cm³/mol. The fraction of sp³-hybridized carbons (Fsp3) is 0.167. The minimum absolute atomic E-state index is 0.0755. The first-order valence-electron chi connectivity index (χ1n) is 11.4. The number of nitrogens with zero attached hydrogens (tertiary/aromatic N) is 1. The van der Waals surface area contributed by atoms with E-state index in [0.717, 1.165) is 21.2 Å². The number of rotatable bonds is 6. The summed E-state index contributed by atoms with van der Waals surface area (Å²) in [5.74, 6) is 0. The molecule has 0 atom stereocenters. The first-order valence-corrected chi connectivity index (χ1v) is 14.1. The Kier molecular flexibility index (Phi) is 7.18. The number of benzene rings is 4. The van der Waals surface area contributed by atoms with Crippen LogP contribution in [0.2, 0.25) is 5.04 Å². The van der Waals surface area contributed by atoms with Gasteiger partial charge in [-0.2, -0.15) is 5.26 Å². The molecule has 0 amide bonds. The van der Waals surface area contributed by atoms with E-state index in [-0.39, 0.29) is 5.04 Å². The van der Waals surface area contributed by atoms with Gasteiger partial charge in [0.2, 0.25) is 0 Å². The lowest BCUT2D eigenvalue weighted by Gasteiger charge is -2.43. The molecule has 0 saturated heterocycles. The Balaban J connectivity index is 1.74. The molecule has 170 valence electrons. The van der Waals surface area contributed by atoms with Crippen LogP contribution in [0.4, 0.5) is 0 Å². The molecule has 34 heavy (non-hydrogen) atoms. The summed E-state index contributed by atoms with van der Waals surface area (Å²) in [4.78, 5) is 0. The average molecular weight is 527 g/mol. The van der Waals surface area contributed by atoms with Gasteiger partial charge in [-0.3, -0.25) is 0 Å². The van der Waals surface area contributed by atoms with Crippen LogP contribution in [0.1, 0.15) is 31.9 Å². The second-order valence-corrected chi connectivity index (χ2v) is 14.6. The Hall–Kier alpha value is -2.97. The van der Waals surface area contributed by atoms with Crippen molar-refractivity contribution in [2.24, 2.45) is 0 Å². The van der Waals surface area contributed by atoms with Crippen molar-refractivity contribution in [3.8, 4) is 17.2 Å². The second kappa shape index (κ2) is 10.1. The van der Waals surface area contributed by atoms with E-state index in [1.54, 1.807) is 0 Å². The summed E-state index contributed by atoms with van der Waals surface area (Å²) in [6.45, 7) is 7.36. The Labute approximate surface area is 212 Å². The standard InChI is InChI=1S/C30H28BrNOSi/c1-30(2,3)34(26-13-6-4-7-14-26,27-15-8-5-9-16-27)33-22-25-19-18-23(20-29(25)31)28-17-11-10-12-24(28)21-32/h4-20H,22H2,1-3H3. The third-order valence-corrected chi connectivity index (χ3v) is 12.0. The molecule has 0 fully saturated rings. The molecule has 0 spiro atoms. The molecule has 0 unspecified atom stereocenters. The van der Waals surface area contributed by atoms with E-state index >= 15 is 0 Å². The molecule has 4 rings (SSSR count). The van der Waals surface area contributed by atoms with E-state index in [1.807, 2.05) is 24.3 Å². The molecular formula is C30H28BrNOSi. The second-order valence-electron chi connectivity index (χ2n) is 9.42. The molecule has 0 bridgehead atoms. The summed E-state index contributed by atoms with van der Waals surface area (Å²) < 4.78 is 8.06. The van der Waals surface area contributed by atoms with Gasteiger partial charge in [-0.05, 0) is 44.2 Å². The lowest BCUT2D eigenvalue weighted by molar-refractivity contribution is 0.285. The molecule has 0 N–H and O–H groups in total. The molecule has 0 aromatic heterocycles. The van der Waals surface area contributed by atoms with Crippen LogP contribution in [0.3, 0.4) is 0 Å². The summed E-state index contributed by atoms with van der Waals surface area (Å²) >= 11 is 3.77. The van der Waals surface area contributed by atoms with Crippen LogP contribution >= 0.6 is 15.9 Å². The van der Waals surface area contributed by atoms with Gasteiger partial charge >= 0.3 is 0 Å². The van der Waals surface area contributed by atoms with Crippen molar-refractivity contribution in [2.45, 2.75) is 32.4 Å². The van der Waals surface area contributed by atoms with Gasteiger partial charge in [-0.1, -0.05) is 128 Å². The Morgan fingerprint density at radius 2 is 1.35 bits per heavy atom. The summed E-state index contributed by atoms with van der Waals surface area (Å²) in [5.41, 5.74) is 3.71. The normalized spacial score (nSPS) is 11.7. The van der Waals surface area contributed by atoms with Crippen molar-refractivity contribution in [1.29, 1.82) is 5.26 Å². The van der Waals surface area contributed by atoms with Gasteiger partial charge in [-0.25, -0.2) is 0 Å². The van der Waals surface area contributed by atoms with E-state index in [9.17, 15) is 5.26 Å². The van der Waals surface area contributed by atoms with Crippen molar-refractivity contribution in [3.63, 3.8) is 0 Å². The highest BCUT2D eigenvalue weighted by Gasteiger charge is 2.50. The maximum absolute atomic E-state index is 9.49. The molecule has 4 aromatic rings. The lowest BCUT2D eigenvalue weighted by atomic mass is 9.99. The van der Waals surface area contributed by atoms with Gasteiger partial charge in [0.1, 0.15) is 0 Å². The largest absolute Gasteiger partial charge is 0.403 e. The summed E-state index contributed by atoms with van der Waals surface area (Å²) in [7, 11) is -2.61. The van der Waals surface area contributed by atoms with E-state index in [1.165, 1.54) is 10.4 Å². The van der Waals surface area contributed by atoms with Crippen LogP contribution in [0.5, 0.6) is 0 Å². The zero-order valence-electron chi connectivity index (χ0n) is 19.8. The van der Waals surface area contributed by atoms with E-state index in [4.69, 9.17) is 4.43 Å². The third kappa shape index (κ3) is 4.65. The SMILES string of the molecule is CC(C)(C)[Si](OCc1ccc(-c2ccccc2C#N)cc1Br)(c1ccccc1)c1ccccc1. The van der Waals surface area contributed by atoms with Crippen molar-refractivity contribution >= 4 is 34.6 Å². The predicted octanol–water partition coefficient (Wildman–Crippen LogP) is 7.06. The van der Waals surface area contributed by atoms with Crippen LogP contribution < -0.4 is 10.4 Å². The van der Waals surface area contributed by atoms with Crippen LogP contribution in [0.25, 0.3) is 11.1 Å². The van der Waals surface area contributed by atoms with Crippen LogP contribution in [-0.2, 0) is 11.0 Å². The maximum atomic E-state index is 9.49. The highest BCUT2D eigenvalue weighted by atomic mass is 79.9. The van der Waals surface area contributed by atoms with Crippen molar-refractivity contribution < 1.29 is 4.43 Å². The monoisotopic (exact) mass is 525 g/mol. The van der Waals surface area contributed by atoms with Crippen LogP contribution in [-0.4, -0.2) is 8.32 Å². The smallest absolute Gasteiger partial charge is 0.261 e. The molecule has 2 nitrogen and oxygen atoms in total. The van der Waals surface area contributed by atoms with E-state index < -0.39 is 8.32 Å². The fourth-order valence-electron chi connectivity index (χ4n) is 4.61. The first-order chi connectivity index (χ1) is 16.4. The molecule has 0 saturated carbocycles. The summed E-state index contributed by atoms with van der Waals surface area (Å²) in [5, 5.41) is 12.0. The molecule has 0 aliphatic carbocycles. The molecule has 0 heterocycles. The zero-order chi connectivity index (χ0) is 24.2. The average Bonchev–Trinajstić information content (AvgIpc) is 2.85. The fourth-order valence-corrected chi connectivity index (χ4v) is 9.63. The number of nitriles is 1. The Morgan fingerprint density at radius 3 is 1.88 bits per heavy atom. The van der Waals surface area contributed by atoms with Crippen molar-refractivity contribution in [3.05, 3.63) is 119 Å². The zero-order valence-corrected chi connectivity index (χ0v) is 22.3. The molecule has 0 aliphatic rings. The number of hydrogen-bond donors (Lipinski definition) is 0. The highest BCUT2D eigenvalue weighted by Crippen LogP contribution is 2.38. The van der Waals surface area contributed by atoms with Gasteiger partial charge in [0, 0.05) is 4.47 Å². The van der Waals surface area contributed by atoms with Gasteiger partial charge < -0.3 is 4.43 Å². The minimum Gasteiger partial charge on any atom is -0.403 e. The Bertz CT molecular complexity index is 1270. The quantitative estimate of drug-likeness (QED) is 0.252. The first kappa shape index (κ1) is 24.2. The van der Waals surface area contributed by atoms with E-state index in [0.29, 0.717) is 12.2 Å². The Morgan fingerprint density at radius 1 is 0.794 bits per heavy atom. The molecule has 0 radical (unpaired) electrons. The lowest BCUT2D eigenvalue weighted by Crippen LogP contribution is -2.66. The van der Waals surface area contributed by atoms with Crippen molar-refractivity contribution in [2.75, 3.05) is 0 Å². The van der Waals surface area contributed by atoms with Crippen LogP contribution in [0.15, 0.2) is 108 Å². The molecule has 4 heteroatoms. The number of halogens is 1. The van der Waals surface area contributed by atoms with Gasteiger partial charge in [0.25, 0.3) is 8.32 Å². The van der Waals surface area contributed by atoms with Crippen LogP contribution in [0, 0.1) is 11.3 Å². The van der Waals surface area contributed by atoms with Crippen molar-refractivity contribution in [1.82, 2.24) is 0 Å². The van der Waals surface area contributed by atoms with Gasteiger partial charge in [-0.15, -0.1) is 0 Å². The molecular weight excluding hydrogens is 498 g/mol. The van der Waals surface area contributed by atoms with Gasteiger partial charge in [0.15, 0.2) is 0 Å². The van der Waals surface area contributed by atoms with E-state index in [2.05, 4.69) is 122 Å².